The number of methoxy groups -OCH3 is 3. The van der Waals surface area contributed by atoms with E-state index in [0.29, 0.717) is 22.8 Å². The fourth-order valence-electron chi connectivity index (χ4n) is 4.04. The first-order valence-corrected chi connectivity index (χ1v) is 10.9. The number of carbonyl (C=O) groups is 3. The molecule has 0 unspecified atom stereocenters. The first-order valence-electron chi connectivity index (χ1n) is 10.9. The molecule has 1 N–H and O–H groups in total. The second kappa shape index (κ2) is 10.3. The van der Waals surface area contributed by atoms with Crippen molar-refractivity contribution in [2.24, 2.45) is 0 Å². The highest BCUT2D eigenvalue weighted by atomic mass is 16.5. The van der Waals surface area contributed by atoms with E-state index in [4.69, 9.17) is 18.9 Å². The predicted octanol–water partition coefficient (Wildman–Crippen LogP) is 3.44. The maximum absolute atomic E-state index is 12.6. The Balaban J connectivity index is 1.33. The predicted molar refractivity (Wildman–Crippen MR) is 128 cm³/mol. The van der Waals surface area contributed by atoms with E-state index in [1.54, 1.807) is 6.07 Å². The Hall–Kier alpha value is -4.33. The number of amides is 1. The van der Waals surface area contributed by atoms with Gasteiger partial charge >= 0.3 is 5.97 Å². The van der Waals surface area contributed by atoms with Crippen molar-refractivity contribution in [2.45, 2.75) is 6.42 Å². The van der Waals surface area contributed by atoms with Crippen molar-refractivity contribution < 1.29 is 33.3 Å². The molecule has 1 aliphatic rings. The molecule has 1 aliphatic carbocycles. The van der Waals surface area contributed by atoms with Crippen LogP contribution in [0.3, 0.4) is 0 Å². The van der Waals surface area contributed by atoms with Gasteiger partial charge in [-0.2, -0.15) is 0 Å². The average molecular weight is 475 g/mol. The van der Waals surface area contributed by atoms with Crippen molar-refractivity contribution in [3.05, 3.63) is 76.9 Å². The number of nitrogens with one attached hydrogen (secondary N) is 1. The number of fused-ring (bicyclic) bond motifs is 3. The minimum atomic E-state index is -0.731. The molecule has 0 saturated heterocycles. The van der Waals surface area contributed by atoms with E-state index < -0.39 is 25.0 Å². The lowest BCUT2D eigenvalue weighted by atomic mass is 10.0. The molecule has 8 heteroatoms. The summed E-state index contributed by atoms with van der Waals surface area (Å²) in [6.07, 6.45) is 0.834. The van der Waals surface area contributed by atoms with Crippen molar-refractivity contribution in [2.75, 3.05) is 34.5 Å². The molecule has 0 spiro atoms. The molecule has 3 aromatic rings. The molecule has 0 aromatic heterocycles. The van der Waals surface area contributed by atoms with Crippen LogP contribution in [0, 0.1) is 0 Å². The quantitative estimate of drug-likeness (QED) is 0.292. The number of carbonyl (C=O) groups excluding carboxylic acids is 3. The lowest BCUT2D eigenvalue weighted by Gasteiger charge is -2.14. The largest absolute Gasteiger partial charge is 0.493 e. The highest BCUT2D eigenvalue weighted by molar-refractivity contribution is 6.00. The van der Waals surface area contributed by atoms with Gasteiger partial charge in [-0.25, -0.2) is 0 Å². The summed E-state index contributed by atoms with van der Waals surface area (Å²) < 4.78 is 20.8. The van der Waals surface area contributed by atoms with Crippen molar-refractivity contribution in [1.82, 2.24) is 5.32 Å². The summed E-state index contributed by atoms with van der Waals surface area (Å²) >= 11 is 0. The van der Waals surface area contributed by atoms with Gasteiger partial charge in [0, 0.05) is 11.1 Å². The van der Waals surface area contributed by atoms with Gasteiger partial charge in [0.1, 0.15) is 6.54 Å². The zero-order valence-electron chi connectivity index (χ0n) is 19.7. The van der Waals surface area contributed by atoms with E-state index in [1.807, 2.05) is 30.3 Å². The number of esters is 1. The third-order valence-corrected chi connectivity index (χ3v) is 5.80. The van der Waals surface area contributed by atoms with Gasteiger partial charge in [0.2, 0.25) is 5.75 Å². The Morgan fingerprint density at radius 3 is 2.17 bits per heavy atom. The standard InChI is InChI=1S/C27H25NO7/c1-32-23-12-19(13-24(33-2)26(23)34-3)27(31)28-14-25(30)35-15-22(29)18-9-8-17-10-16-6-4-5-7-20(16)21(17)11-18/h4-9,11-13H,10,14-15H2,1-3H3,(H,28,31). The molecule has 180 valence electrons. The second-order valence-electron chi connectivity index (χ2n) is 7.89. The third kappa shape index (κ3) is 4.96. The molecule has 0 fully saturated rings. The van der Waals surface area contributed by atoms with Crippen LogP contribution in [0.1, 0.15) is 31.8 Å². The maximum atomic E-state index is 12.6. The lowest BCUT2D eigenvalue weighted by Crippen LogP contribution is -2.31. The molecule has 4 rings (SSSR count). The maximum Gasteiger partial charge on any atom is 0.325 e. The van der Waals surface area contributed by atoms with Crippen LogP contribution < -0.4 is 19.5 Å². The van der Waals surface area contributed by atoms with Crippen LogP contribution in [-0.2, 0) is 16.0 Å². The molecule has 0 aliphatic heterocycles. The summed E-state index contributed by atoms with van der Waals surface area (Å²) in [6, 6.07) is 16.5. The van der Waals surface area contributed by atoms with Gasteiger partial charge in [0.25, 0.3) is 5.91 Å². The summed E-state index contributed by atoms with van der Waals surface area (Å²) in [5, 5.41) is 2.47. The van der Waals surface area contributed by atoms with Gasteiger partial charge in [-0.05, 0) is 46.9 Å². The van der Waals surface area contributed by atoms with Crippen LogP contribution in [0.4, 0.5) is 0 Å². The summed E-state index contributed by atoms with van der Waals surface area (Å²) in [7, 11) is 4.33. The number of rotatable bonds is 9. The Kier molecular flexibility index (Phi) is 7.01. The number of Topliss-reactive ketones (excluding diaryl/α,β-unsaturated/α-hetero) is 1. The normalized spacial score (nSPS) is 11.2. The Morgan fingerprint density at radius 1 is 0.800 bits per heavy atom. The summed E-state index contributed by atoms with van der Waals surface area (Å²) in [5.41, 5.74) is 5.20. The van der Waals surface area contributed by atoms with Gasteiger partial charge in [-0.1, -0.05) is 36.4 Å². The fourth-order valence-corrected chi connectivity index (χ4v) is 4.04. The molecule has 35 heavy (non-hydrogen) atoms. The molecular weight excluding hydrogens is 450 g/mol. The average Bonchev–Trinajstić information content (AvgIpc) is 3.27. The van der Waals surface area contributed by atoms with Crippen LogP contribution in [0.2, 0.25) is 0 Å². The number of ketones is 1. The highest BCUT2D eigenvalue weighted by Crippen LogP contribution is 2.38. The van der Waals surface area contributed by atoms with Crippen LogP contribution in [0.25, 0.3) is 11.1 Å². The first-order chi connectivity index (χ1) is 16.9. The van der Waals surface area contributed by atoms with Gasteiger partial charge in [0.05, 0.1) is 21.3 Å². The Morgan fingerprint density at radius 2 is 1.49 bits per heavy atom. The van der Waals surface area contributed by atoms with Crippen molar-refractivity contribution in [1.29, 1.82) is 0 Å². The minimum Gasteiger partial charge on any atom is -0.493 e. The van der Waals surface area contributed by atoms with Crippen LogP contribution >= 0.6 is 0 Å². The molecule has 0 atom stereocenters. The molecule has 1 amide bonds. The Labute approximate surface area is 202 Å². The summed E-state index contributed by atoms with van der Waals surface area (Å²) in [4.78, 5) is 37.3. The molecule has 3 aromatic carbocycles. The number of ether oxygens (including phenoxy) is 4. The van der Waals surface area contributed by atoms with E-state index >= 15 is 0 Å². The van der Waals surface area contributed by atoms with Gasteiger partial charge in [-0.3, -0.25) is 14.4 Å². The summed E-state index contributed by atoms with van der Waals surface area (Å²) in [5.74, 6) is -0.624. The van der Waals surface area contributed by atoms with E-state index in [1.165, 1.54) is 39.0 Å². The van der Waals surface area contributed by atoms with Gasteiger partial charge in [0.15, 0.2) is 23.9 Å². The molecule has 0 saturated carbocycles. The lowest BCUT2D eigenvalue weighted by molar-refractivity contribution is -0.141. The van der Waals surface area contributed by atoms with E-state index in [0.717, 1.165) is 23.1 Å². The minimum absolute atomic E-state index is 0.210. The molecule has 0 radical (unpaired) electrons. The van der Waals surface area contributed by atoms with Crippen molar-refractivity contribution in [3.8, 4) is 28.4 Å². The molecule has 0 heterocycles. The van der Waals surface area contributed by atoms with Crippen molar-refractivity contribution in [3.63, 3.8) is 0 Å². The summed E-state index contributed by atoms with van der Waals surface area (Å²) in [6.45, 7) is -0.820. The SMILES string of the molecule is COc1cc(C(=O)NCC(=O)OCC(=O)c2ccc3c(c2)-c2ccccc2C3)cc(OC)c1OC. The monoisotopic (exact) mass is 475 g/mol. The fraction of sp³-hybridized carbons (Fsp3) is 0.222. The zero-order chi connectivity index (χ0) is 24.9. The number of hydrogen-bond donors (Lipinski definition) is 1. The molecular formula is C27H25NO7. The number of hydrogen-bond acceptors (Lipinski definition) is 7. The van der Waals surface area contributed by atoms with Crippen LogP contribution in [-0.4, -0.2) is 52.1 Å². The van der Waals surface area contributed by atoms with Crippen LogP contribution in [0.15, 0.2) is 54.6 Å². The Bertz CT molecular complexity index is 1270. The van der Waals surface area contributed by atoms with E-state index in [9.17, 15) is 14.4 Å². The number of benzene rings is 3. The molecule has 8 nitrogen and oxygen atoms in total. The van der Waals surface area contributed by atoms with Gasteiger partial charge in [-0.15, -0.1) is 0 Å². The second-order valence-corrected chi connectivity index (χ2v) is 7.89. The van der Waals surface area contributed by atoms with Crippen LogP contribution in [0.5, 0.6) is 17.2 Å². The smallest absolute Gasteiger partial charge is 0.325 e. The van der Waals surface area contributed by atoms with E-state index in [2.05, 4.69) is 11.4 Å². The zero-order valence-corrected chi connectivity index (χ0v) is 19.7. The molecule has 0 bridgehead atoms. The highest BCUT2D eigenvalue weighted by Gasteiger charge is 2.21. The topological polar surface area (TPSA) is 100 Å². The van der Waals surface area contributed by atoms with E-state index in [-0.39, 0.29) is 11.3 Å². The third-order valence-electron chi connectivity index (χ3n) is 5.80. The first kappa shape index (κ1) is 23.8. The van der Waals surface area contributed by atoms with Crippen molar-refractivity contribution >= 4 is 17.7 Å². The van der Waals surface area contributed by atoms with Gasteiger partial charge < -0.3 is 24.3 Å².